The zero-order valence-electron chi connectivity index (χ0n) is 11.3. The highest BCUT2D eigenvalue weighted by atomic mass is 35.5. The van der Waals surface area contributed by atoms with E-state index in [4.69, 9.17) is 27.9 Å². The Morgan fingerprint density at radius 1 is 1.00 bits per heavy atom. The quantitative estimate of drug-likeness (QED) is 0.836. The summed E-state index contributed by atoms with van der Waals surface area (Å²) in [6.45, 7) is 4.20. The van der Waals surface area contributed by atoms with E-state index < -0.39 is 0 Å². The Morgan fingerprint density at radius 3 is 2.55 bits per heavy atom. The molecule has 0 radical (unpaired) electrons. The number of para-hydroxylation sites is 1. The Hall–Kier alpha value is -1.22. The van der Waals surface area contributed by atoms with E-state index in [2.05, 4.69) is 18.3 Å². The molecule has 2 nitrogen and oxygen atoms in total. The fraction of sp³-hybridized carbons (Fsp3) is 0.250. The first-order valence-corrected chi connectivity index (χ1v) is 7.32. The normalized spacial score (nSPS) is 10.6. The summed E-state index contributed by atoms with van der Waals surface area (Å²) in [5, 5.41) is 4.40. The van der Waals surface area contributed by atoms with Crippen molar-refractivity contribution in [2.45, 2.75) is 20.1 Å². The molecular formula is C16H17Cl2NO. The lowest BCUT2D eigenvalue weighted by Crippen LogP contribution is -2.12. The number of ether oxygens (including phenoxy) is 1. The fourth-order valence-corrected chi connectivity index (χ4v) is 2.24. The maximum atomic E-state index is 6.16. The standard InChI is InChI=1S/C16H17Cl2NO/c1-2-19-10-12-6-3-4-9-15(12)20-11-13-7-5-8-14(17)16(13)18/h3-9,19H,2,10-11H2,1H3. The predicted octanol–water partition coefficient (Wildman–Crippen LogP) is 4.68. The average molecular weight is 310 g/mol. The van der Waals surface area contributed by atoms with Crippen LogP contribution in [0.15, 0.2) is 42.5 Å². The Morgan fingerprint density at radius 2 is 1.75 bits per heavy atom. The molecule has 0 bridgehead atoms. The van der Waals surface area contributed by atoms with Crippen LogP contribution in [0.3, 0.4) is 0 Å². The van der Waals surface area contributed by atoms with Gasteiger partial charge in [-0.3, -0.25) is 0 Å². The predicted molar refractivity (Wildman–Crippen MR) is 84.6 cm³/mol. The van der Waals surface area contributed by atoms with Crippen LogP contribution in [0.25, 0.3) is 0 Å². The first kappa shape index (κ1) is 15.2. The van der Waals surface area contributed by atoms with E-state index in [1.165, 1.54) is 0 Å². The van der Waals surface area contributed by atoms with Crippen LogP contribution in [-0.2, 0) is 13.2 Å². The summed E-state index contributed by atoms with van der Waals surface area (Å²) < 4.78 is 5.87. The molecule has 0 aliphatic heterocycles. The maximum absolute atomic E-state index is 6.16. The van der Waals surface area contributed by atoms with Gasteiger partial charge in [0.25, 0.3) is 0 Å². The van der Waals surface area contributed by atoms with E-state index in [1.807, 2.05) is 30.3 Å². The summed E-state index contributed by atoms with van der Waals surface area (Å²) in [7, 11) is 0. The van der Waals surface area contributed by atoms with Crippen LogP contribution in [0.4, 0.5) is 0 Å². The Balaban J connectivity index is 2.09. The zero-order chi connectivity index (χ0) is 14.4. The average Bonchev–Trinajstić information content (AvgIpc) is 2.47. The van der Waals surface area contributed by atoms with Crippen molar-refractivity contribution in [3.05, 3.63) is 63.6 Å². The van der Waals surface area contributed by atoms with Crippen LogP contribution >= 0.6 is 23.2 Å². The maximum Gasteiger partial charge on any atom is 0.124 e. The summed E-state index contributed by atoms with van der Waals surface area (Å²) in [6.07, 6.45) is 0. The molecule has 4 heteroatoms. The van der Waals surface area contributed by atoms with Crippen LogP contribution in [0.1, 0.15) is 18.1 Å². The highest BCUT2D eigenvalue weighted by Crippen LogP contribution is 2.27. The van der Waals surface area contributed by atoms with Crippen LogP contribution in [0.5, 0.6) is 5.75 Å². The first-order chi connectivity index (χ1) is 9.72. The minimum absolute atomic E-state index is 0.405. The molecule has 0 amide bonds. The van der Waals surface area contributed by atoms with Crippen LogP contribution in [0, 0.1) is 0 Å². The van der Waals surface area contributed by atoms with Crippen LogP contribution < -0.4 is 10.1 Å². The second kappa shape index (κ2) is 7.53. The third kappa shape index (κ3) is 3.89. The van der Waals surface area contributed by atoms with Crippen LogP contribution in [0.2, 0.25) is 10.0 Å². The molecule has 2 aromatic carbocycles. The van der Waals surface area contributed by atoms with Crippen molar-refractivity contribution in [1.82, 2.24) is 5.32 Å². The van der Waals surface area contributed by atoms with Crippen molar-refractivity contribution in [2.24, 2.45) is 0 Å². The van der Waals surface area contributed by atoms with Crippen molar-refractivity contribution in [3.8, 4) is 5.75 Å². The number of rotatable bonds is 6. The smallest absolute Gasteiger partial charge is 0.124 e. The SMILES string of the molecule is CCNCc1ccccc1OCc1cccc(Cl)c1Cl. The Bertz CT molecular complexity index is 572. The molecule has 0 fully saturated rings. The highest BCUT2D eigenvalue weighted by molar-refractivity contribution is 6.42. The van der Waals surface area contributed by atoms with Crippen molar-refractivity contribution < 1.29 is 4.74 Å². The molecule has 0 aromatic heterocycles. The third-order valence-electron chi connectivity index (χ3n) is 2.95. The van der Waals surface area contributed by atoms with Gasteiger partial charge < -0.3 is 10.1 Å². The van der Waals surface area contributed by atoms with E-state index in [0.717, 1.165) is 30.0 Å². The molecule has 0 heterocycles. The number of nitrogens with one attached hydrogen (secondary N) is 1. The van der Waals surface area contributed by atoms with E-state index in [-0.39, 0.29) is 0 Å². The second-order valence-corrected chi connectivity index (χ2v) is 5.17. The van der Waals surface area contributed by atoms with Gasteiger partial charge >= 0.3 is 0 Å². The van der Waals surface area contributed by atoms with Crippen molar-refractivity contribution in [2.75, 3.05) is 6.54 Å². The summed E-state index contributed by atoms with van der Waals surface area (Å²) in [5.74, 6) is 0.865. The van der Waals surface area contributed by atoms with Gasteiger partial charge in [0.05, 0.1) is 10.0 Å². The van der Waals surface area contributed by atoms with Gasteiger partial charge in [0.1, 0.15) is 12.4 Å². The van der Waals surface area contributed by atoms with Gasteiger partial charge in [0, 0.05) is 17.7 Å². The van der Waals surface area contributed by atoms with Gasteiger partial charge in [-0.15, -0.1) is 0 Å². The lowest BCUT2D eigenvalue weighted by atomic mass is 10.2. The lowest BCUT2D eigenvalue weighted by Gasteiger charge is -2.12. The summed E-state index contributed by atoms with van der Waals surface area (Å²) in [6, 6.07) is 13.5. The van der Waals surface area contributed by atoms with Gasteiger partial charge in [-0.25, -0.2) is 0 Å². The first-order valence-electron chi connectivity index (χ1n) is 6.56. The number of benzene rings is 2. The number of hydrogen-bond acceptors (Lipinski definition) is 2. The molecule has 0 spiro atoms. The molecule has 2 aromatic rings. The molecular weight excluding hydrogens is 293 g/mol. The number of hydrogen-bond donors (Lipinski definition) is 1. The number of halogens is 2. The molecule has 2 rings (SSSR count). The third-order valence-corrected chi connectivity index (χ3v) is 3.81. The molecule has 0 saturated carbocycles. The van der Waals surface area contributed by atoms with Crippen molar-refractivity contribution in [3.63, 3.8) is 0 Å². The van der Waals surface area contributed by atoms with Gasteiger partial charge in [-0.2, -0.15) is 0 Å². The molecule has 0 aliphatic rings. The highest BCUT2D eigenvalue weighted by Gasteiger charge is 2.07. The van der Waals surface area contributed by atoms with Gasteiger partial charge in [-0.1, -0.05) is 60.5 Å². The van der Waals surface area contributed by atoms with Crippen molar-refractivity contribution >= 4 is 23.2 Å². The van der Waals surface area contributed by atoms with Gasteiger partial charge in [-0.05, 0) is 18.7 Å². The largest absolute Gasteiger partial charge is 0.489 e. The zero-order valence-corrected chi connectivity index (χ0v) is 12.8. The second-order valence-electron chi connectivity index (χ2n) is 4.39. The molecule has 1 N–H and O–H groups in total. The summed E-state index contributed by atoms with van der Waals surface area (Å²) in [4.78, 5) is 0. The van der Waals surface area contributed by atoms with Gasteiger partial charge in [0.2, 0.25) is 0 Å². The Kier molecular flexibility index (Phi) is 5.72. The van der Waals surface area contributed by atoms with E-state index >= 15 is 0 Å². The van der Waals surface area contributed by atoms with E-state index in [0.29, 0.717) is 16.7 Å². The molecule has 0 unspecified atom stereocenters. The van der Waals surface area contributed by atoms with Crippen LogP contribution in [-0.4, -0.2) is 6.54 Å². The molecule has 0 saturated heterocycles. The molecule has 106 valence electrons. The van der Waals surface area contributed by atoms with Crippen molar-refractivity contribution in [1.29, 1.82) is 0 Å². The van der Waals surface area contributed by atoms with E-state index in [1.54, 1.807) is 6.07 Å². The minimum Gasteiger partial charge on any atom is -0.489 e. The molecule has 0 aliphatic carbocycles. The summed E-state index contributed by atoms with van der Waals surface area (Å²) in [5.41, 5.74) is 2.02. The fourth-order valence-electron chi connectivity index (χ4n) is 1.87. The minimum atomic E-state index is 0.405. The molecule has 20 heavy (non-hydrogen) atoms. The lowest BCUT2D eigenvalue weighted by molar-refractivity contribution is 0.302. The Labute approximate surface area is 129 Å². The topological polar surface area (TPSA) is 21.3 Å². The summed E-state index contributed by atoms with van der Waals surface area (Å²) >= 11 is 12.2. The van der Waals surface area contributed by atoms with E-state index in [9.17, 15) is 0 Å². The molecule has 0 atom stereocenters. The van der Waals surface area contributed by atoms with Gasteiger partial charge in [0.15, 0.2) is 0 Å². The monoisotopic (exact) mass is 309 g/mol.